The molecule has 0 aliphatic carbocycles. The van der Waals surface area contributed by atoms with Gasteiger partial charge in [0.2, 0.25) is 0 Å². The summed E-state index contributed by atoms with van der Waals surface area (Å²) >= 11 is 0. The van der Waals surface area contributed by atoms with Gasteiger partial charge in [-0.1, -0.05) is 6.58 Å². The maximum Gasteiger partial charge on any atom is 0.329 e. The van der Waals surface area contributed by atoms with Gasteiger partial charge in [-0.3, -0.25) is 0 Å². The van der Waals surface area contributed by atoms with E-state index in [4.69, 9.17) is 14.6 Å². The van der Waals surface area contributed by atoms with Gasteiger partial charge in [-0.2, -0.15) is 0 Å². The lowest BCUT2D eigenvalue weighted by Gasteiger charge is -2.00. The lowest BCUT2D eigenvalue weighted by molar-refractivity contribution is -0.134. The standard InChI is InChI=1S/C6H14O3.C4H6O2/c1-2-8-5-6-9-4-3-7;1-3-4(5)6-2/h7H,2-6H2,1H3;3H,1H2,2H3. The zero-order valence-corrected chi connectivity index (χ0v) is 9.40. The van der Waals surface area contributed by atoms with Crippen molar-refractivity contribution in [3.8, 4) is 0 Å². The fourth-order valence-corrected chi connectivity index (χ4v) is 0.512. The highest BCUT2D eigenvalue weighted by atomic mass is 16.5. The summed E-state index contributed by atoms with van der Waals surface area (Å²) in [7, 11) is 1.31. The van der Waals surface area contributed by atoms with Gasteiger partial charge in [-0.15, -0.1) is 0 Å². The molecular weight excluding hydrogens is 200 g/mol. The van der Waals surface area contributed by atoms with Crippen LogP contribution in [0.5, 0.6) is 0 Å². The van der Waals surface area contributed by atoms with Crippen LogP contribution >= 0.6 is 0 Å². The Bertz CT molecular complexity index is 141. The van der Waals surface area contributed by atoms with Gasteiger partial charge in [-0.05, 0) is 6.92 Å². The van der Waals surface area contributed by atoms with Gasteiger partial charge in [0.15, 0.2) is 0 Å². The van der Waals surface area contributed by atoms with Crippen LogP contribution in [0, 0.1) is 0 Å². The molecule has 0 heterocycles. The van der Waals surface area contributed by atoms with Gasteiger partial charge in [0, 0.05) is 12.7 Å². The monoisotopic (exact) mass is 220 g/mol. The number of aliphatic hydroxyl groups excluding tert-OH is 1. The van der Waals surface area contributed by atoms with Crippen molar-refractivity contribution in [3.05, 3.63) is 12.7 Å². The normalized spacial score (nSPS) is 8.73. The quantitative estimate of drug-likeness (QED) is 0.381. The molecule has 1 N–H and O–H groups in total. The Morgan fingerprint density at radius 1 is 1.33 bits per heavy atom. The highest BCUT2D eigenvalue weighted by Gasteiger charge is 1.84. The first kappa shape index (κ1) is 16.5. The summed E-state index contributed by atoms with van der Waals surface area (Å²) in [5.74, 6) is -0.394. The van der Waals surface area contributed by atoms with E-state index in [9.17, 15) is 4.79 Å². The Balaban J connectivity index is 0. The Morgan fingerprint density at radius 3 is 2.27 bits per heavy atom. The number of aliphatic hydroxyl groups is 1. The fourth-order valence-electron chi connectivity index (χ4n) is 0.512. The largest absolute Gasteiger partial charge is 0.466 e. The minimum absolute atomic E-state index is 0.0894. The molecule has 0 radical (unpaired) electrons. The Morgan fingerprint density at radius 2 is 1.93 bits per heavy atom. The summed E-state index contributed by atoms with van der Waals surface area (Å²) in [6.07, 6.45) is 1.11. The first-order chi connectivity index (χ1) is 7.22. The van der Waals surface area contributed by atoms with E-state index in [1.807, 2.05) is 6.92 Å². The fraction of sp³-hybridized carbons (Fsp3) is 0.700. The van der Waals surface area contributed by atoms with Gasteiger partial charge in [0.05, 0.1) is 33.5 Å². The maximum absolute atomic E-state index is 9.84. The molecule has 5 nitrogen and oxygen atoms in total. The van der Waals surface area contributed by atoms with Crippen molar-refractivity contribution in [2.24, 2.45) is 0 Å². The molecule has 0 aliphatic heterocycles. The van der Waals surface area contributed by atoms with E-state index in [2.05, 4.69) is 11.3 Å². The number of rotatable bonds is 7. The molecule has 0 saturated carbocycles. The molecule has 5 heteroatoms. The van der Waals surface area contributed by atoms with Crippen molar-refractivity contribution in [1.82, 2.24) is 0 Å². The Kier molecular flexibility index (Phi) is 17.1. The number of hydrogen-bond acceptors (Lipinski definition) is 5. The third-order valence-electron chi connectivity index (χ3n) is 1.18. The highest BCUT2D eigenvalue weighted by Crippen LogP contribution is 1.76. The molecular formula is C10H20O5. The molecule has 0 aromatic carbocycles. The molecule has 0 rings (SSSR count). The Hall–Kier alpha value is -0.910. The molecule has 0 bridgehead atoms. The first-order valence-corrected chi connectivity index (χ1v) is 4.69. The van der Waals surface area contributed by atoms with Gasteiger partial charge in [0.25, 0.3) is 0 Å². The predicted molar refractivity (Wildman–Crippen MR) is 56.6 cm³/mol. The average Bonchev–Trinajstić information content (AvgIpc) is 2.29. The van der Waals surface area contributed by atoms with Crippen molar-refractivity contribution in [2.75, 3.05) is 40.1 Å². The third kappa shape index (κ3) is 19.5. The lowest BCUT2D eigenvalue weighted by Crippen LogP contribution is -2.06. The van der Waals surface area contributed by atoms with E-state index >= 15 is 0 Å². The van der Waals surface area contributed by atoms with E-state index in [1.165, 1.54) is 7.11 Å². The summed E-state index contributed by atoms with van der Waals surface area (Å²) in [5.41, 5.74) is 0. The van der Waals surface area contributed by atoms with E-state index in [1.54, 1.807) is 0 Å². The smallest absolute Gasteiger partial charge is 0.329 e. The van der Waals surface area contributed by atoms with E-state index in [-0.39, 0.29) is 6.61 Å². The highest BCUT2D eigenvalue weighted by molar-refractivity contribution is 5.80. The van der Waals surface area contributed by atoms with Crippen LogP contribution in [0.2, 0.25) is 0 Å². The summed E-state index contributed by atoms with van der Waals surface area (Å²) in [6.45, 7) is 7.52. The number of esters is 1. The van der Waals surface area contributed by atoms with Crippen molar-refractivity contribution >= 4 is 5.97 Å². The van der Waals surface area contributed by atoms with Gasteiger partial charge in [0.1, 0.15) is 0 Å². The van der Waals surface area contributed by atoms with Crippen molar-refractivity contribution in [3.63, 3.8) is 0 Å². The van der Waals surface area contributed by atoms with Crippen LogP contribution in [0.25, 0.3) is 0 Å². The summed E-state index contributed by atoms with van der Waals surface area (Å²) in [4.78, 5) is 9.84. The third-order valence-corrected chi connectivity index (χ3v) is 1.18. The van der Waals surface area contributed by atoms with Crippen molar-refractivity contribution in [2.45, 2.75) is 6.92 Å². The molecule has 0 spiro atoms. The zero-order valence-electron chi connectivity index (χ0n) is 9.40. The number of hydrogen-bond donors (Lipinski definition) is 1. The van der Waals surface area contributed by atoms with E-state index in [0.29, 0.717) is 19.8 Å². The number of methoxy groups -OCH3 is 1. The summed E-state index contributed by atoms with van der Waals surface area (Å²) in [5, 5.41) is 8.26. The molecule has 0 amide bonds. The van der Waals surface area contributed by atoms with Crippen LogP contribution < -0.4 is 0 Å². The SMILES string of the molecule is C=CC(=O)OC.CCOCCOCCO. The molecule has 0 fully saturated rings. The van der Waals surface area contributed by atoms with Gasteiger partial charge < -0.3 is 19.3 Å². The van der Waals surface area contributed by atoms with Crippen LogP contribution in [0.1, 0.15) is 6.92 Å². The number of ether oxygens (including phenoxy) is 3. The maximum atomic E-state index is 9.84. The molecule has 0 aromatic heterocycles. The lowest BCUT2D eigenvalue weighted by atomic mass is 10.7. The zero-order chi connectivity index (χ0) is 11.9. The average molecular weight is 220 g/mol. The minimum atomic E-state index is -0.394. The second kappa shape index (κ2) is 15.6. The summed E-state index contributed by atoms with van der Waals surface area (Å²) in [6, 6.07) is 0. The van der Waals surface area contributed by atoms with Crippen LogP contribution in [-0.2, 0) is 19.0 Å². The Labute approximate surface area is 90.6 Å². The van der Waals surface area contributed by atoms with E-state index in [0.717, 1.165) is 12.7 Å². The predicted octanol–water partition coefficient (Wildman–Crippen LogP) is 0.377. The molecule has 0 saturated heterocycles. The van der Waals surface area contributed by atoms with Crippen LogP contribution in [0.15, 0.2) is 12.7 Å². The van der Waals surface area contributed by atoms with Crippen molar-refractivity contribution < 1.29 is 24.1 Å². The summed E-state index contributed by atoms with van der Waals surface area (Å²) < 4.78 is 14.0. The molecule has 0 unspecified atom stereocenters. The topological polar surface area (TPSA) is 65.0 Å². The van der Waals surface area contributed by atoms with Crippen LogP contribution in [-0.4, -0.2) is 51.2 Å². The second-order valence-corrected chi connectivity index (χ2v) is 2.26. The minimum Gasteiger partial charge on any atom is -0.466 e. The molecule has 90 valence electrons. The first-order valence-electron chi connectivity index (χ1n) is 4.69. The molecule has 15 heavy (non-hydrogen) atoms. The van der Waals surface area contributed by atoms with Gasteiger partial charge in [-0.25, -0.2) is 4.79 Å². The molecule has 0 atom stereocenters. The van der Waals surface area contributed by atoms with Crippen molar-refractivity contribution in [1.29, 1.82) is 0 Å². The van der Waals surface area contributed by atoms with E-state index < -0.39 is 5.97 Å². The number of carbonyl (C=O) groups is 1. The number of carbonyl (C=O) groups excluding carboxylic acids is 1. The second-order valence-electron chi connectivity index (χ2n) is 2.26. The van der Waals surface area contributed by atoms with Crippen LogP contribution in [0.4, 0.5) is 0 Å². The molecule has 0 aromatic rings. The van der Waals surface area contributed by atoms with Crippen LogP contribution in [0.3, 0.4) is 0 Å². The molecule has 0 aliphatic rings. The van der Waals surface area contributed by atoms with Gasteiger partial charge >= 0.3 is 5.97 Å².